The number of nitrogens with zero attached hydrogens (tertiary/aromatic N) is 3. The number of thiazole rings is 1. The summed E-state index contributed by atoms with van der Waals surface area (Å²) >= 11 is 1.79. The molecule has 21 heavy (non-hydrogen) atoms. The van der Waals surface area contributed by atoms with Crippen molar-refractivity contribution in [2.45, 2.75) is 20.3 Å². The molecule has 1 aromatic carbocycles. The summed E-state index contributed by atoms with van der Waals surface area (Å²) in [5.74, 6) is 0. The first kappa shape index (κ1) is 14.5. The van der Waals surface area contributed by atoms with E-state index < -0.39 is 0 Å². The number of piperazine rings is 1. The van der Waals surface area contributed by atoms with Crippen LogP contribution in [0.1, 0.15) is 16.3 Å². The summed E-state index contributed by atoms with van der Waals surface area (Å²) in [5, 5.41) is 3.42. The molecule has 0 radical (unpaired) electrons. The molecule has 112 valence electrons. The van der Waals surface area contributed by atoms with Crippen molar-refractivity contribution in [3.63, 3.8) is 0 Å². The summed E-state index contributed by atoms with van der Waals surface area (Å²) in [6.45, 7) is 9.92. The second kappa shape index (κ2) is 6.58. The second-order valence-electron chi connectivity index (χ2n) is 5.80. The van der Waals surface area contributed by atoms with Gasteiger partial charge in [-0.1, -0.05) is 12.1 Å². The minimum atomic E-state index is 1.09. The molecule has 3 nitrogen and oxygen atoms in total. The SMILES string of the molecule is Cc1cccc(N2CCN(CCc3nc(C)cs3)CC2)c1. The molecule has 0 unspecified atom stereocenters. The second-order valence-corrected chi connectivity index (χ2v) is 6.74. The quantitative estimate of drug-likeness (QED) is 0.865. The van der Waals surface area contributed by atoms with Crippen molar-refractivity contribution in [1.82, 2.24) is 9.88 Å². The molecule has 0 atom stereocenters. The van der Waals surface area contributed by atoms with Crippen molar-refractivity contribution in [1.29, 1.82) is 0 Å². The maximum atomic E-state index is 4.55. The van der Waals surface area contributed by atoms with Gasteiger partial charge in [0.2, 0.25) is 0 Å². The molecule has 0 aliphatic carbocycles. The summed E-state index contributed by atoms with van der Waals surface area (Å²) in [7, 11) is 0. The molecule has 0 amide bonds. The predicted molar refractivity (Wildman–Crippen MR) is 90.4 cm³/mol. The molecule has 0 spiro atoms. The molecule has 1 aliphatic heterocycles. The standard InChI is InChI=1S/C17H23N3S/c1-14-4-3-5-16(12-14)20-10-8-19(9-11-20)7-6-17-18-15(2)13-21-17/h3-5,12-13H,6-11H2,1-2H3. The van der Waals surface area contributed by atoms with Crippen LogP contribution in [0, 0.1) is 13.8 Å². The highest BCUT2D eigenvalue weighted by molar-refractivity contribution is 7.09. The lowest BCUT2D eigenvalue weighted by Crippen LogP contribution is -2.47. The van der Waals surface area contributed by atoms with Crippen LogP contribution in [0.25, 0.3) is 0 Å². The normalized spacial score (nSPS) is 16.4. The first-order valence-corrected chi connectivity index (χ1v) is 8.54. The summed E-state index contributed by atoms with van der Waals surface area (Å²) < 4.78 is 0. The van der Waals surface area contributed by atoms with E-state index in [1.807, 2.05) is 0 Å². The largest absolute Gasteiger partial charge is 0.369 e. The Morgan fingerprint density at radius 3 is 2.62 bits per heavy atom. The molecule has 0 bridgehead atoms. The van der Waals surface area contributed by atoms with E-state index in [9.17, 15) is 0 Å². The fourth-order valence-corrected chi connectivity index (χ4v) is 3.59. The summed E-state index contributed by atoms with van der Waals surface area (Å²) in [4.78, 5) is 9.60. The summed E-state index contributed by atoms with van der Waals surface area (Å²) in [5.41, 5.74) is 3.86. The Kier molecular flexibility index (Phi) is 4.56. The van der Waals surface area contributed by atoms with Crippen LogP contribution in [0.3, 0.4) is 0 Å². The van der Waals surface area contributed by atoms with Crippen LogP contribution in [0.4, 0.5) is 5.69 Å². The first-order valence-electron chi connectivity index (χ1n) is 7.66. The molecule has 1 aliphatic rings. The van der Waals surface area contributed by atoms with Gasteiger partial charge < -0.3 is 4.90 Å². The van der Waals surface area contributed by atoms with Crippen molar-refractivity contribution in [2.75, 3.05) is 37.6 Å². The molecule has 1 saturated heterocycles. The Balaban J connectivity index is 1.49. The molecule has 0 saturated carbocycles. The maximum Gasteiger partial charge on any atom is 0.0940 e. The van der Waals surface area contributed by atoms with E-state index >= 15 is 0 Å². The van der Waals surface area contributed by atoms with Crippen LogP contribution in [0.5, 0.6) is 0 Å². The number of hydrogen-bond acceptors (Lipinski definition) is 4. The number of anilines is 1. The van der Waals surface area contributed by atoms with Gasteiger partial charge in [0, 0.05) is 55.9 Å². The molecular weight excluding hydrogens is 278 g/mol. The van der Waals surface area contributed by atoms with E-state index in [0.717, 1.165) is 44.8 Å². The molecule has 2 aromatic rings. The van der Waals surface area contributed by atoms with Gasteiger partial charge >= 0.3 is 0 Å². The van der Waals surface area contributed by atoms with E-state index in [1.54, 1.807) is 11.3 Å². The Morgan fingerprint density at radius 1 is 1.14 bits per heavy atom. The molecule has 4 heteroatoms. The lowest BCUT2D eigenvalue weighted by molar-refractivity contribution is 0.261. The minimum Gasteiger partial charge on any atom is -0.369 e. The van der Waals surface area contributed by atoms with E-state index in [-0.39, 0.29) is 0 Å². The average molecular weight is 301 g/mol. The van der Waals surface area contributed by atoms with Crippen LogP contribution in [0.15, 0.2) is 29.6 Å². The third-order valence-corrected chi connectivity index (χ3v) is 5.07. The van der Waals surface area contributed by atoms with Gasteiger partial charge in [0.25, 0.3) is 0 Å². The highest BCUT2D eigenvalue weighted by atomic mass is 32.1. The van der Waals surface area contributed by atoms with Crippen molar-refractivity contribution in [3.05, 3.63) is 45.9 Å². The van der Waals surface area contributed by atoms with Gasteiger partial charge in [-0.05, 0) is 31.5 Å². The molecule has 1 fully saturated rings. The minimum absolute atomic E-state index is 1.09. The number of benzene rings is 1. The van der Waals surface area contributed by atoms with Gasteiger partial charge in [-0.15, -0.1) is 11.3 Å². The Bertz CT molecular complexity index is 585. The summed E-state index contributed by atoms with van der Waals surface area (Å²) in [6, 6.07) is 8.83. The lowest BCUT2D eigenvalue weighted by atomic mass is 10.2. The predicted octanol–water partition coefficient (Wildman–Crippen LogP) is 3.12. The van der Waals surface area contributed by atoms with Crippen LogP contribution in [-0.2, 0) is 6.42 Å². The third-order valence-electron chi connectivity index (χ3n) is 4.05. The van der Waals surface area contributed by atoms with Gasteiger partial charge in [-0.25, -0.2) is 4.98 Å². The zero-order valence-electron chi connectivity index (χ0n) is 12.9. The van der Waals surface area contributed by atoms with Crippen molar-refractivity contribution >= 4 is 17.0 Å². The van der Waals surface area contributed by atoms with Crippen molar-refractivity contribution in [3.8, 4) is 0 Å². The van der Waals surface area contributed by atoms with E-state index in [1.165, 1.54) is 16.3 Å². The maximum absolute atomic E-state index is 4.55. The number of hydrogen-bond donors (Lipinski definition) is 0. The number of aryl methyl sites for hydroxylation is 2. The van der Waals surface area contributed by atoms with E-state index in [4.69, 9.17) is 0 Å². The molecule has 0 N–H and O–H groups in total. The average Bonchev–Trinajstić information content (AvgIpc) is 2.91. The van der Waals surface area contributed by atoms with E-state index in [0.29, 0.717) is 0 Å². The Morgan fingerprint density at radius 2 is 1.95 bits per heavy atom. The van der Waals surface area contributed by atoms with Crippen molar-refractivity contribution in [2.24, 2.45) is 0 Å². The smallest absolute Gasteiger partial charge is 0.0940 e. The first-order chi connectivity index (χ1) is 10.2. The van der Waals surface area contributed by atoms with Gasteiger partial charge in [0.1, 0.15) is 0 Å². The van der Waals surface area contributed by atoms with E-state index in [2.05, 4.69) is 58.3 Å². The van der Waals surface area contributed by atoms with Gasteiger partial charge in [0.15, 0.2) is 0 Å². The fourth-order valence-electron chi connectivity index (χ4n) is 2.83. The van der Waals surface area contributed by atoms with Crippen molar-refractivity contribution < 1.29 is 0 Å². The zero-order valence-corrected chi connectivity index (χ0v) is 13.7. The van der Waals surface area contributed by atoms with Crippen LogP contribution >= 0.6 is 11.3 Å². The third kappa shape index (κ3) is 3.83. The van der Waals surface area contributed by atoms with Gasteiger partial charge in [-0.2, -0.15) is 0 Å². The molecule has 1 aromatic heterocycles. The topological polar surface area (TPSA) is 19.4 Å². The van der Waals surface area contributed by atoms with Gasteiger partial charge in [0.05, 0.1) is 5.01 Å². The summed E-state index contributed by atoms with van der Waals surface area (Å²) in [6.07, 6.45) is 1.09. The van der Waals surface area contributed by atoms with Crippen LogP contribution in [-0.4, -0.2) is 42.6 Å². The van der Waals surface area contributed by atoms with Crippen LogP contribution < -0.4 is 4.90 Å². The fraction of sp³-hybridized carbons (Fsp3) is 0.471. The molecular formula is C17H23N3S. The zero-order chi connectivity index (χ0) is 14.7. The highest BCUT2D eigenvalue weighted by Gasteiger charge is 2.17. The highest BCUT2D eigenvalue weighted by Crippen LogP contribution is 2.18. The Labute approximate surface area is 131 Å². The van der Waals surface area contributed by atoms with Gasteiger partial charge in [-0.3, -0.25) is 4.90 Å². The van der Waals surface area contributed by atoms with Crippen LogP contribution in [0.2, 0.25) is 0 Å². The number of rotatable bonds is 4. The molecule has 3 rings (SSSR count). The Hall–Kier alpha value is -1.39. The lowest BCUT2D eigenvalue weighted by Gasteiger charge is -2.36. The molecule has 2 heterocycles. The monoisotopic (exact) mass is 301 g/mol. The number of aromatic nitrogens is 1.